The van der Waals surface area contributed by atoms with Crippen LogP contribution in [0.4, 0.5) is 0 Å². The SMILES string of the molecule is CCn1c(O)c(C)c(C)c(S(=O)(=O)O)c1=O. The number of aromatic hydroxyl groups is 1. The van der Waals surface area contributed by atoms with Gasteiger partial charge in [-0.15, -0.1) is 0 Å². The van der Waals surface area contributed by atoms with E-state index in [0.717, 1.165) is 4.57 Å². The van der Waals surface area contributed by atoms with Gasteiger partial charge in [-0.1, -0.05) is 0 Å². The van der Waals surface area contributed by atoms with E-state index in [1.54, 1.807) is 6.92 Å². The molecule has 0 aliphatic carbocycles. The molecule has 1 rings (SSSR count). The smallest absolute Gasteiger partial charge is 0.300 e. The number of pyridine rings is 1. The largest absolute Gasteiger partial charge is 0.494 e. The summed E-state index contributed by atoms with van der Waals surface area (Å²) in [5.74, 6) is -0.280. The predicted octanol–water partition coefficient (Wildman–Crippen LogP) is 0.437. The quantitative estimate of drug-likeness (QED) is 0.739. The van der Waals surface area contributed by atoms with Crippen molar-refractivity contribution in [3.05, 3.63) is 21.5 Å². The van der Waals surface area contributed by atoms with Crippen LogP contribution >= 0.6 is 0 Å². The van der Waals surface area contributed by atoms with Gasteiger partial charge in [-0.2, -0.15) is 8.42 Å². The molecule has 0 saturated carbocycles. The van der Waals surface area contributed by atoms with Crippen molar-refractivity contribution in [3.8, 4) is 5.88 Å². The van der Waals surface area contributed by atoms with Crippen molar-refractivity contribution in [3.63, 3.8) is 0 Å². The van der Waals surface area contributed by atoms with E-state index in [4.69, 9.17) is 4.55 Å². The van der Waals surface area contributed by atoms with Crippen molar-refractivity contribution < 1.29 is 18.1 Å². The van der Waals surface area contributed by atoms with Gasteiger partial charge in [0, 0.05) is 12.1 Å². The fourth-order valence-corrected chi connectivity index (χ4v) is 2.39. The van der Waals surface area contributed by atoms with Gasteiger partial charge >= 0.3 is 0 Å². The van der Waals surface area contributed by atoms with Crippen molar-refractivity contribution in [2.45, 2.75) is 32.2 Å². The number of rotatable bonds is 2. The van der Waals surface area contributed by atoms with Crippen LogP contribution in [0.25, 0.3) is 0 Å². The Bertz CT molecular complexity index is 585. The first kappa shape index (κ1) is 12.7. The van der Waals surface area contributed by atoms with E-state index in [2.05, 4.69) is 0 Å². The standard InChI is InChI=1S/C9H13NO5S/c1-4-10-8(11)6(3)5(2)7(9(10)12)16(13,14)15/h11H,4H2,1-3H3,(H,13,14,15). The number of hydrogen-bond donors (Lipinski definition) is 2. The van der Waals surface area contributed by atoms with Crippen LogP contribution in [0.5, 0.6) is 5.88 Å². The third-order valence-electron chi connectivity index (χ3n) is 2.51. The summed E-state index contributed by atoms with van der Waals surface area (Å²) in [6.45, 7) is 4.54. The highest BCUT2D eigenvalue weighted by Gasteiger charge is 2.24. The molecular weight excluding hydrogens is 234 g/mol. The van der Waals surface area contributed by atoms with Crippen LogP contribution in [-0.4, -0.2) is 22.6 Å². The Labute approximate surface area is 92.9 Å². The fourth-order valence-electron chi connectivity index (χ4n) is 1.52. The van der Waals surface area contributed by atoms with Gasteiger partial charge in [0.25, 0.3) is 15.7 Å². The zero-order valence-corrected chi connectivity index (χ0v) is 10.00. The summed E-state index contributed by atoms with van der Waals surface area (Å²) in [7, 11) is -4.58. The lowest BCUT2D eigenvalue weighted by molar-refractivity contribution is 0.401. The molecule has 0 fully saturated rings. The number of aromatic nitrogens is 1. The Morgan fingerprint density at radius 3 is 2.12 bits per heavy atom. The third-order valence-corrected chi connectivity index (χ3v) is 3.50. The molecule has 1 aromatic heterocycles. The Kier molecular flexibility index (Phi) is 3.11. The maximum atomic E-state index is 11.7. The van der Waals surface area contributed by atoms with E-state index >= 15 is 0 Å². The van der Waals surface area contributed by atoms with Crippen LogP contribution in [0.1, 0.15) is 18.1 Å². The summed E-state index contributed by atoms with van der Waals surface area (Å²) in [5, 5.41) is 9.64. The molecule has 0 aliphatic heterocycles. The summed E-state index contributed by atoms with van der Waals surface area (Å²) >= 11 is 0. The highest BCUT2D eigenvalue weighted by Crippen LogP contribution is 2.22. The van der Waals surface area contributed by atoms with Crippen LogP contribution in [0.2, 0.25) is 0 Å². The van der Waals surface area contributed by atoms with E-state index in [1.165, 1.54) is 13.8 Å². The Hall–Kier alpha value is -1.34. The summed E-state index contributed by atoms with van der Waals surface area (Å²) in [6.07, 6.45) is 0. The van der Waals surface area contributed by atoms with Gasteiger partial charge in [-0.05, 0) is 26.3 Å². The lowest BCUT2D eigenvalue weighted by Crippen LogP contribution is -2.27. The first-order chi connectivity index (χ1) is 7.21. The van der Waals surface area contributed by atoms with Gasteiger partial charge in [0.05, 0.1) is 0 Å². The van der Waals surface area contributed by atoms with Gasteiger partial charge in [0.2, 0.25) is 0 Å². The van der Waals surface area contributed by atoms with E-state index in [-0.39, 0.29) is 23.6 Å². The maximum absolute atomic E-state index is 11.7. The lowest BCUT2D eigenvalue weighted by Gasteiger charge is -2.13. The van der Waals surface area contributed by atoms with Gasteiger partial charge in [0.15, 0.2) is 10.8 Å². The monoisotopic (exact) mass is 247 g/mol. The molecule has 0 amide bonds. The fraction of sp³-hybridized carbons (Fsp3) is 0.444. The zero-order valence-electron chi connectivity index (χ0n) is 9.18. The molecule has 0 unspecified atom stereocenters. The molecule has 0 saturated heterocycles. The molecule has 16 heavy (non-hydrogen) atoms. The molecule has 0 aliphatic rings. The van der Waals surface area contributed by atoms with Crippen LogP contribution < -0.4 is 5.56 Å². The van der Waals surface area contributed by atoms with E-state index < -0.39 is 20.6 Å². The summed E-state index contributed by atoms with van der Waals surface area (Å²) in [6, 6.07) is 0. The van der Waals surface area contributed by atoms with Crippen molar-refractivity contribution in [1.82, 2.24) is 4.57 Å². The zero-order chi connectivity index (χ0) is 12.7. The lowest BCUT2D eigenvalue weighted by atomic mass is 10.1. The summed E-state index contributed by atoms with van der Waals surface area (Å²) in [5.41, 5.74) is -0.589. The second kappa shape index (κ2) is 3.91. The minimum Gasteiger partial charge on any atom is -0.494 e. The van der Waals surface area contributed by atoms with Gasteiger partial charge in [0.1, 0.15) is 0 Å². The molecule has 0 atom stereocenters. The predicted molar refractivity (Wildman–Crippen MR) is 57.3 cm³/mol. The van der Waals surface area contributed by atoms with Crippen molar-refractivity contribution in [2.75, 3.05) is 0 Å². The Morgan fingerprint density at radius 1 is 1.25 bits per heavy atom. The van der Waals surface area contributed by atoms with E-state index in [9.17, 15) is 18.3 Å². The highest BCUT2D eigenvalue weighted by atomic mass is 32.2. The van der Waals surface area contributed by atoms with Crippen LogP contribution in [-0.2, 0) is 16.7 Å². The molecule has 1 heterocycles. The molecule has 0 bridgehead atoms. The topological polar surface area (TPSA) is 96.6 Å². The third kappa shape index (κ3) is 1.83. The molecule has 90 valence electrons. The van der Waals surface area contributed by atoms with E-state index in [1.807, 2.05) is 0 Å². The molecule has 0 spiro atoms. The summed E-state index contributed by atoms with van der Waals surface area (Å²) < 4.78 is 32.0. The molecule has 7 heteroatoms. The minimum absolute atomic E-state index is 0.0645. The normalized spacial score (nSPS) is 11.8. The number of nitrogens with zero attached hydrogens (tertiary/aromatic N) is 1. The van der Waals surface area contributed by atoms with Crippen LogP contribution in [0, 0.1) is 13.8 Å². The highest BCUT2D eigenvalue weighted by molar-refractivity contribution is 7.85. The van der Waals surface area contributed by atoms with Gasteiger partial charge < -0.3 is 5.11 Å². The molecule has 0 radical (unpaired) electrons. The summed E-state index contributed by atoms with van der Waals surface area (Å²) in [4.78, 5) is 11.0. The Balaban J connectivity index is 3.92. The first-order valence-corrected chi connectivity index (χ1v) is 6.06. The second-order valence-corrected chi connectivity index (χ2v) is 4.79. The second-order valence-electron chi connectivity index (χ2n) is 3.43. The van der Waals surface area contributed by atoms with Crippen LogP contribution in [0.3, 0.4) is 0 Å². The van der Waals surface area contributed by atoms with Gasteiger partial charge in [-0.25, -0.2) is 0 Å². The van der Waals surface area contributed by atoms with E-state index in [0.29, 0.717) is 0 Å². The molecular formula is C9H13NO5S. The Morgan fingerprint density at radius 2 is 1.75 bits per heavy atom. The maximum Gasteiger partial charge on any atom is 0.300 e. The first-order valence-electron chi connectivity index (χ1n) is 4.62. The average molecular weight is 247 g/mol. The van der Waals surface area contributed by atoms with Crippen molar-refractivity contribution in [1.29, 1.82) is 0 Å². The average Bonchev–Trinajstić information content (AvgIpc) is 2.13. The minimum atomic E-state index is -4.58. The van der Waals surface area contributed by atoms with Gasteiger partial charge in [-0.3, -0.25) is 13.9 Å². The van der Waals surface area contributed by atoms with Crippen molar-refractivity contribution >= 4 is 10.1 Å². The molecule has 1 aromatic rings. The molecule has 2 N–H and O–H groups in total. The molecule has 6 nitrogen and oxygen atoms in total. The van der Waals surface area contributed by atoms with Crippen molar-refractivity contribution in [2.24, 2.45) is 0 Å². The number of hydrogen-bond acceptors (Lipinski definition) is 4. The molecule has 0 aromatic carbocycles. The van der Waals surface area contributed by atoms with Crippen LogP contribution in [0.15, 0.2) is 9.69 Å².